The lowest BCUT2D eigenvalue weighted by Gasteiger charge is -2.11. The number of halogens is 2. The molecule has 1 saturated carbocycles. The smallest absolute Gasteiger partial charge is 0.129 e. The topological polar surface area (TPSA) is 29.9 Å². The molecule has 1 aromatic heterocycles. The monoisotopic (exact) mass is 357 g/mol. The van der Waals surface area contributed by atoms with E-state index < -0.39 is 0 Å². The van der Waals surface area contributed by atoms with Crippen molar-refractivity contribution in [2.24, 2.45) is 0 Å². The van der Waals surface area contributed by atoms with Crippen LogP contribution in [0.2, 0.25) is 0 Å². The van der Waals surface area contributed by atoms with Crippen molar-refractivity contribution in [2.75, 3.05) is 0 Å². The van der Waals surface area contributed by atoms with Crippen molar-refractivity contribution in [3.05, 3.63) is 45.5 Å². The predicted molar refractivity (Wildman–Crippen MR) is 76.1 cm³/mol. The molecule has 94 valence electrons. The van der Waals surface area contributed by atoms with Gasteiger partial charge in [0.15, 0.2) is 0 Å². The minimum absolute atomic E-state index is 0.175. The van der Waals surface area contributed by atoms with E-state index >= 15 is 0 Å². The van der Waals surface area contributed by atoms with E-state index in [4.69, 9.17) is 0 Å². The van der Waals surface area contributed by atoms with Crippen molar-refractivity contribution in [1.82, 2.24) is 15.1 Å². The van der Waals surface area contributed by atoms with Gasteiger partial charge in [-0.3, -0.25) is 0 Å². The first kappa shape index (κ1) is 12.1. The second-order valence-corrected chi connectivity index (χ2v) is 5.74. The maximum Gasteiger partial charge on any atom is 0.129 e. The van der Waals surface area contributed by atoms with E-state index in [9.17, 15) is 4.39 Å². The van der Waals surface area contributed by atoms with Gasteiger partial charge in [-0.15, -0.1) is 0 Å². The normalized spacial score (nSPS) is 15.0. The Morgan fingerprint density at radius 2 is 2.28 bits per heavy atom. The Labute approximate surface area is 119 Å². The third-order valence-corrected chi connectivity index (χ3v) is 3.59. The van der Waals surface area contributed by atoms with Crippen LogP contribution in [0.1, 0.15) is 18.4 Å². The number of hydrogen-bond acceptors (Lipinski definition) is 2. The van der Waals surface area contributed by atoms with E-state index in [1.165, 1.54) is 18.9 Å². The Hall–Kier alpha value is -0.950. The molecule has 0 amide bonds. The van der Waals surface area contributed by atoms with Gasteiger partial charge in [-0.1, -0.05) is 6.07 Å². The van der Waals surface area contributed by atoms with Gasteiger partial charge >= 0.3 is 0 Å². The Morgan fingerprint density at radius 3 is 2.94 bits per heavy atom. The quantitative estimate of drug-likeness (QED) is 0.853. The van der Waals surface area contributed by atoms with Gasteiger partial charge in [-0.05, 0) is 47.6 Å². The summed E-state index contributed by atoms with van der Waals surface area (Å²) in [6, 6.07) is 5.69. The van der Waals surface area contributed by atoms with E-state index in [1.807, 2.05) is 12.3 Å². The minimum Gasteiger partial charge on any atom is -0.310 e. The third kappa shape index (κ3) is 2.56. The molecule has 1 heterocycles. The Bertz CT molecular complexity index is 563. The predicted octanol–water partition coefficient (Wildman–Crippen LogP) is 2.87. The van der Waals surface area contributed by atoms with Crippen molar-refractivity contribution >= 4 is 22.6 Å². The second-order valence-electron chi connectivity index (χ2n) is 4.50. The van der Waals surface area contributed by atoms with Crippen LogP contribution in [0.4, 0.5) is 4.39 Å². The van der Waals surface area contributed by atoms with Gasteiger partial charge in [0.2, 0.25) is 0 Å². The highest BCUT2D eigenvalue weighted by atomic mass is 127. The van der Waals surface area contributed by atoms with Gasteiger partial charge in [-0.2, -0.15) is 5.10 Å². The van der Waals surface area contributed by atoms with Gasteiger partial charge in [-0.25, -0.2) is 9.07 Å². The average Bonchev–Trinajstić information content (AvgIpc) is 3.08. The summed E-state index contributed by atoms with van der Waals surface area (Å²) in [4.78, 5) is 0. The highest BCUT2D eigenvalue weighted by Gasteiger charge is 2.21. The summed E-state index contributed by atoms with van der Waals surface area (Å²) in [7, 11) is 0. The van der Waals surface area contributed by atoms with Crippen molar-refractivity contribution in [1.29, 1.82) is 0 Å². The fourth-order valence-corrected chi connectivity index (χ4v) is 2.29. The van der Waals surface area contributed by atoms with Gasteiger partial charge in [0.25, 0.3) is 0 Å². The van der Waals surface area contributed by atoms with E-state index in [-0.39, 0.29) is 5.82 Å². The Kier molecular flexibility index (Phi) is 3.34. The van der Waals surface area contributed by atoms with Gasteiger partial charge in [0.1, 0.15) is 5.82 Å². The maximum atomic E-state index is 13.9. The molecule has 0 spiro atoms. The average molecular weight is 357 g/mol. The van der Waals surface area contributed by atoms with Crippen LogP contribution in [-0.2, 0) is 6.54 Å². The van der Waals surface area contributed by atoms with Crippen LogP contribution in [-0.4, -0.2) is 15.8 Å². The summed E-state index contributed by atoms with van der Waals surface area (Å²) >= 11 is 2.20. The first-order valence-corrected chi connectivity index (χ1v) is 7.03. The van der Waals surface area contributed by atoms with E-state index in [0.29, 0.717) is 18.2 Å². The zero-order valence-electron chi connectivity index (χ0n) is 9.74. The van der Waals surface area contributed by atoms with Crippen LogP contribution in [0.5, 0.6) is 0 Å². The SMILES string of the molecule is Fc1cccc(-n2cc(I)cn2)c1CNC1CC1. The lowest BCUT2D eigenvalue weighted by atomic mass is 10.1. The summed E-state index contributed by atoms with van der Waals surface area (Å²) in [5.74, 6) is -0.175. The highest BCUT2D eigenvalue weighted by Crippen LogP contribution is 2.22. The molecule has 3 rings (SSSR count). The fourth-order valence-electron chi connectivity index (χ4n) is 1.90. The van der Waals surface area contributed by atoms with Crippen LogP contribution < -0.4 is 5.32 Å². The number of nitrogens with zero attached hydrogens (tertiary/aromatic N) is 2. The molecule has 0 atom stereocenters. The van der Waals surface area contributed by atoms with Crippen molar-refractivity contribution in [3.8, 4) is 5.69 Å². The molecule has 0 aliphatic heterocycles. The third-order valence-electron chi connectivity index (χ3n) is 3.04. The van der Waals surface area contributed by atoms with E-state index in [1.54, 1.807) is 16.9 Å². The number of nitrogens with one attached hydrogen (secondary N) is 1. The van der Waals surface area contributed by atoms with Gasteiger partial charge in [0, 0.05) is 24.3 Å². The van der Waals surface area contributed by atoms with Crippen LogP contribution in [0.3, 0.4) is 0 Å². The van der Waals surface area contributed by atoms with Gasteiger partial charge in [0.05, 0.1) is 15.5 Å². The Morgan fingerprint density at radius 1 is 1.44 bits per heavy atom. The molecule has 0 saturated heterocycles. The van der Waals surface area contributed by atoms with Crippen molar-refractivity contribution < 1.29 is 4.39 Å². The van der Waals surface area contributed by atoms with Gasteiger partial charge < -0.3 is 5.32 Å². The molecular weight excluding hydrogens is 344 g/mol. The molecule has 18 heavy (non-hydrogen) atoms. The molecule has 0 unspecified atom stereocenters. The molecule has 1 fully saturated rings. The summed E-state index contributed by atoms with van der Waals surface area (Å²) in [6.45, 7) is 0.559. The van der Waals surface area contributed by atoms with E-state index in [0.717, 1.165) is 9.26 Å². The standard InChI is InChI=1S/C13H13FIN3/c14-12-2-1-3-13(18-8-9(15)6-17-18)11(12)7-16-10-4-5-10/h1-3,6,8,10,16H,4-5,7H2. The maximum absolute atomic E-state index is 13.9. The summed E-state index contributed by atoms with van der Waals surface area (Å²) in [5, 5.41) is 7.59. The van der Waals surface area contributed by atoms with Crippen LogP contribution in [0.15, 0.2) is 30.6 Å². The summed E-state index contributed by atoms with van der Waals surface area (Å²) in [6.07, 6.45) is 6.06. The molecule has 1 aliphatic rings. The van der Waals surface area contributed by atoms with Crippen LogP contribution in [0, 0.1) is 9.39 Å². The summed E-state index contributed by atoms with van der Waals surface area (Å²) < 4.78 is 16.7. The fraction of sp³-hybridized carbons (Fsp3) is 0.308. The first-order chi connectivity index (χ1) is 8.74. The molecule has 0 bridgehead atoms. The molecular formula is C13H13FIN3. The lowest BCUT2D eigenvalue weighted by molar-refractivity contribution is 0.582. The van der Waals surface area contributed by atoms with Crippen LogP contribution >= 0.6 is 22.6 Å². The molecule has 1 N–H and O–H groups in total. The zero-order chi connectivity index (χ0) is 12.5. The molecule has 1 aliphatic carbocycles. The molecule has 1 aromatic carbocycles. The minimum atomic E-state index is -0.175. The zero-order valence-corrected chi connectivity index (χ0v) is 11.9. The van der Waals surface area contributed by atoms with E-state index in [2.05, 4.69) is 33.0 Å². The highest BCUT2D eigenvalue weighted by molar-refractivity contribution is 14.1. The summed E-state index contributed by atoms with van der Waals surface area (Å²) in [5.41, 5.74) is 1.50. The number of hydrogen-bond donors (Lipinski definition) is 1. The molecule has 0 radical (unpaired) electrons. The van der Waals surface area contributed by atoms with Crippen molar-refractivity contribution in [3.63, 3.8) is 0 Å². The first-order valence-electron chi connectivity index (χ1n) is 5.95. The second kappa shape index (κ2) is 4.97. The van der Waals surface area contributed by atoms with Crippen LogP contribution in [0.25, 0.3) is 5.69 Å². The molecule has 5 heteroatoms. The lowest BCUT2D eigenvalue weighted by Crippen LogP contribution is -2.18. The Balaban J connectivity index is 1.93. The number of aromatic nitrogens is 2. The largest absolute Gasteiger partial charge is 0.310 e. The number of benzene rings is 1. The molecule has 3 nitrogen and oxygen atoms in total. The van der Waals surface area contributed by atoms with Crippen molar-refractivity contribution in [2.45, 2.75) is 25.4 Å². The number of rotatable bonds is 4. The molecule has 2 aromatic rings.